The highest BCUT2D eigenvalue weighted by Crippen LogP contribution is 2.26. The summed E-state index contributed by atoms with van der Waals surface area (Å²) in [5.74, 6) is -0.336. The summed E-state index contributed by atoms with van der Waals surface area (Å²) in [6.45, 7) is 0.423. The van der Waals surface area contributed by atoms with E-state index in [2.05, 4.69) is 5.10 Å². The zero-order valence-electron chi connectivity index (χ0n) is 12.4. The minimum Gasteiger partial charge on any atom is -0.370 e. The lowest BCUT2D eigenvalue weighted by atomic mass is 10.1. The van der Waals surface area contributed by atoms with Crippen LogP contribution in [0.1, 0.15) is 31.4 Å². The van der Waals surface area contributed by atoms with Crippen molar-refractivity contribution in [1.29, 1.82) is 0 Å². The van der Waals surface area contributed by atoms with Gasteiger partial charge in [-0.1, -0.05) is 0 Å². The topological polar surface area (TPSA) is 107 Å². The average molecular weight is 293 g/mol. The monoisotopic (exact) mass is 293 g/mol. The van der Waals surface area contributed by atoms with Gasteiger partial charge in [-0.25, -0.2) is 0 Å². The third kappa shape index (κ3) is 3.60. The van der Waals surface area contributed by atoms with Crippen molar-refractivity contribution in [2.45, 2.75) is 44.2 Å². The molecule has 0 bridgehead atoms. The van der Waals surface area contributed by atoms with Crippen LogP contribution in [0.4, 0.5) is 0 Å². The molecule has 2 amide bonds. The van der Waals surface area contributed by atoms with Crippen molar-refractivity contribution < 1.29 is 9.59 Å². The van der Waals surface area contributed by atoms with Gasteiger partial charge in [0.2, 0.25) is 11.8 Å². The molecule has 2 atom stereocenters. The van der Waals surface area contributed by atoms with Crippen LogP contribution in [0, 0.1) is 0 Å². The molecule has 1 aliphatic heterocycles. The van der Waals surface area contributed by atoms with Gasteiger partial charge in [0, 0.05) is 50.4 Å². The second kappa shape index (κ2) is 6.71. The van der Waals surface area contributed by atoms with Crippen LogP contribution in [-0.4, -0.2) is 45.1 Å². The highest BCUT2D eigenvalue weighted by molar-refractivity contribution is 5.79. The van der Waals surface area contributed by atoms with Gasteiger partial charge in [-0.15, -0.1) is 0 Å². The Bertz CT molecular complexity index is 513. The molecule has 116 valence electrons. The predicted octanol–water partition coefficient (Wildman–Crippen LogP) is -0.454. The van der Waals surface area contributed by atoms with Crippen LogP contribution in [0.5, 0.6) is 0 Å². The number of carbonyl (C=O) groups is 2. The van der Waals surface area contributed by atoms with E-state index in [9.17, 15) is 9.59 Å². The number of carbonyl (C=O) groups excluding carboxylic acids is 2. The van der Waals surface area contributed by atoms with Gasteiger partial charge in [0.05, 0.1) is 0 Å². The Balaban J connectivity index is 1.99. The highest BCUT2D eigenvalue weighted by atomic mass is 16.2. The number of nitrogens with zero attached hydrogens (tertiary/aromatic N) is 3. The first-order valence-electron chi connectivity index (χ1n) is 7.29. The number of amides is 2. The smallest absolute Gasteiger partial charge is 0.223 e. The summed E-state index contributed by atoms with van der Waals surface area (Å²) in [4.78, 5) is 25.4. The fourth-order valence-corrected chi connectivity index (χ4v) is 3.04. The zero-order chi connectivity index (χ0) is 15.4. The zero-order valence-corrected chi connectivity index (χ0v) is 12.4. The lowest BCUT2D eigenvalue weighted by Gasteiger charge is -2.29. The Morgan fingerprint density at radius 3 is 2.67 bits per heavy atom. The third-order valence-electron chi connectivity index (χ3n) is 4.13. The van der Waals surface area contributed by atoms with Crippen molar-refractivity contribution in [3.8, 4) is 0 Å². The number of aromatic nitrogens is 2. The van der Waals surface area contributed by atoms with E-state index < -0.39 is 0 Å². The summed E-state index contributed by atoms with van der Waals surface area (Å²) in [6.07, 6.45) is 4.59. The van der Waals surface area contributed by atoms with Crippen LogP contribution in [0.25, 0.3) is 0 Å². The maximum absolute atomic E-state index is 12.5. The van der Waals surface area contributed by atoms with Gasteiger partial charge in [-0.05, 0) is 25.3 Å². The number of rotatable bonds is 6. The summed E-state index contributed by atoms with van der Waals surface area (Å²) < 4.78 is 1.76. The first-order valence-corrected chi connectivity index (χ1v) is 7.29. The molecule has 1 fully saturated rings. The van der Waals surface area contributed by atoms with E-state index >= 15 is 0 Å². The molecular formula is C14H23N5O2. The molecule has 7 nitrogen and oxygen atoms in total. The van der Waals surface area contributed by atoms with E-state index in [1.807, 2.05) is 13.1 Å². The van der Waals surface area contributed by atoms with Crippen molar-refractivity contribution >= 4 is 11.8 Å². The van der Waals surface area contributed by atoms with Gasteiger partial charge in [-0.2, -0.15) is 5.10 Å². The summed E-state index contributed by atoms with van der Waals surface area (Å²) in [7, 11) is 1.86. The summed E-state index contributed by atoms with van der Waals surface area (Å²) >= 11 is 0. The number of primary amides is 1. The number of aryl methyl sites for hydroxylation is 2. The minimum absolute atomic E-state index is 0.0217. The molecule has 2 heterocycles. The first-order chi connectivity index (χ1) is 10.0. The normalized spacial score (nSPS) is 21.7. The second-order valence-electron chi connectivity index (χ2n) is 5.54. The van der Waals surface area contributed by atoms with Crippen molar-refractivity contribution in [3.63, 3.8) is 0 Å². The molecule has 21 heavy (non-hydrogen) atoms. The second-order valence-corrected chi connectivity index (χ2v) is 5.54. The molecule has 0 radical (unpaired) electrons. The Morgan fingerprint density at radius 2 is 2.10 bits per heavy atom. The van der Waals surface area contributed by atoms with Crippen molar-refractivity contribution in [2.24, 2.45) is 18.5 Å². The molecule has 4 N–H and O–H groups in total. The summed E-state index contributed by atoms with van der Waals surface area (Å²) in [5.41, 5.74) is 12.0. The molecule has 7 heteroatoms. The maximum atomic E-state index is 12.5. The molecule has 0 saturated carbocycles. The van der Waals surface area contributed by atoms with Crippen LogP contribution >= 0.6 is 0 Å². The molecule has 0 aliphatic carbocycles. The van der Waals surface area contributed by atoms with Crippen molar-refractivity contribution in [1.82, 2.24) is 14.7 Å². The number of hydrogen-bond acceptors (Lipinski definition) is 4. The fourth-order valence-electron chi connectivity index (χ4n) is 3.04. The number of hydrogen-bond donors (Lipinski definition) is 2. The van der Waals surface area contributed by atoms with Crippen molar-refractivity contribution in [2.75, 3.05) is 6.54 Å². The number of likely N-dealkylation sites (tertiary alicyclic amines) is 1. The van der Waals surface area contributed by atoms with Gasteiger partial charge < -0.3 is 16.4 Å². The van der Waals surface area contributed by atoms with E-state index in [0.29, 0.717) is 19.4 Å². The van der Waals surface area contributed by atoms with Crippen LogP contribution < -0.4 is 11.5 Å². The molecule has 2 rings (SSSR count). The Hall–Kier alpha value is -1.89. The predicted molar refractivity (Wildman–Crippen MR) is 78.1 cm³/mol. The lowest BCUT2D eigenvalue weighted by molar-refractivity contribution is -0.134. The minimum atomic E-state index is -0.373. The van der Waals surface area contributed by atoms with Crippen LogP contribution in [0.2, 0.25) is 0 Å². The van der Waals surface area contributed by atoms with Gasteiger partial charge in [0.15, 0.2) is 0 Å². The molecule has 1 saturated heterocycles. The molecule has 0 unspecified atom stereocenters. The highest BCUT2D eigenvalue weighted by Gasteiger charge is 2.36. The van der Waals surface area contributed by atoms with Crippen LogP contribution in [0.3, 0.4) is 0 Å². The van der Waals surface area contributed by atoms with Gasteiger partial charge >= 0.3 is 0 Å². The Labute approximate surface area is 124 Å². The maximum Gasteiger partial charge on any atom is 0.223 e. The quantitative estimate of drug-likeness (QED) is 0.740. The van der Waals surface area contributed by atoms with Crippen LogP contribution in [-0.2, 0) is 23.1 Å². The summed E-state index contributed by atoms with van der Waals surface area (Å²) in [5, 5.41) is 4.09. The Morgan fingerprint density at radius 1 is 1.38 bits per heavy atom. The molecule has 1 aliphatic rings. The summed E-state index contributed by atoms with van der Waals surface area (Å²) in [6, 6.07) is 1.82. The third-order valence-corrected chi connectivity index (χ3v) is 4.13. The Kier molecular flexibility index (Phi) is 4.95. The SMILES string of the molecule is Cn1nccc1CCC(=O)N1[C@H](CN)CC[C@@H]1CC(N)=O. The van der Waals surface area contributed by atoms with E-state index in [-0.39, 0.29) is 30.3 Å². The fraction of sp³-hybridized carbons (Fsp3) is 0.643. The van der Waals surface area contributed by atoms with E-state index in [4.69, 9.17) is 11.5 Å². The van der Waals surface area contributed by atoms with Crippen LogP contribution in [0.15, 0.2) is 12.3 Å². The molecule has 0 aromatic carbocycles. The average Bonchev–Trinajstić information content (AvgIpc) is 3.01. The largest absolute Gasteiger partial charge is 0.370 e. The van der Waals surface area contributed by atoms with Gasteiger partial charge in [-0.3, -0.25) is 14.3 Å². The van der Waals surface area contributed by atoms with E-state index in [1.165, 1.54) is 0 Å². The standard InChI is InChI=1S/C14H23N5O2/c1-18-10(6-7-17-18)4-5-14(21)19-11(8-13(16)20)2-3-12(19)9-15/h6-7,11-12H,2-5,8-9,15H2,1H3,(H2,16,20)/t11-,12+/m1/s1. The number of nitrogens with two attached hydrogens (primary N) is 2. The molecule has 0 spiro atoms. The van der Waals surface area contributed by atoms with Gasteiger partial charge in [0.25, 0.3) is 0 Å². The lowest BCUT2D eigenvalue weighted by Crippen LogP contribution is -2.45. The van der Waals surface area contributed by atoms with Gasteiger partial charge in [0.1, 0.15) is 0 Å². The molecule has 1 aromatic rings. The van der Waals surface area contributed by atoms with Crippen molar-refractivity contribution in [3.05, 3.63) is 18.0 Å². The van der Waals surface area contributed by atoms with E-state index in [1.54, 1.807) is 15.8 Å². The van der Waals surface area contributed by atoms with E-state index in [0.717, 1.165) is 18.5 Å². The molecular weight excluding hydrogens is 270 g/mol. The first kappa shape index (κ1) is 15.5. The molecule has 1 aromatic heterocycles.